The minimum Gasteiger partial charge on any atom is -0.497 e. The average molecular weight is 467 g/mol. The van der Waals surface area contributed by atoms with E-state index in [0.717, 1.165) is 6.26 Å². The molecule has 1 amide bonds. The van der Waals surface area contributed by atoms with Crippen molar-refractivity contribution >= 4 is 21.6 Å². The third-order valence-corrected chi connectivity index (χ3v) is 5.74. The number of sulfonamides is 1. The Morgan fingerprint density at radius 1 is 0.969 bits per heavy atom. The second-order valence-electron chi connectivity index (χ2n) is 6.85. The summed E-state index contributed by atoms with van der Waals surface area (Å²) >= 11 is 0. The summed E-state index contributed by atoms with van der Waals surface area (Å²) in [5.74, 6) is 2.07. The molecule has 0 saturated heterocycles. The molecule has 2 rings (SSSR count). The van der Waals surface area contributed by atoms with Crippen molar-refractivity contribution in [2.45, 2.75) is 12.8 Å². The Hall–Kier alpha value is -3.14. The summed E-state index contributed by atoms with van der Waals surface area (Å²) < 4.78 is 47.1. The molecule has 0 radical (unpaired) electrons. The Kier molecular flexibility index (Phi) is 9.45. The standard InChI is InChI=1S/C22H30N2O7S/c1-28-17-7-5-8-19(15-17)31-14-12-23-22(25)9-6-13-24(32(4,26)27)20-11-10-18(29-2)16-21(20)30-3/h5,7-8,10-11,15-16H,6,9,12-14H2,1-4H3,(H,23,25). The molecule has 2 aromatic carbocycles. The molecule has 176 valence electrons. The first-order valence-electron chi connectivity index (χ1n) is 10.0. The molecule has 0 heterocycles. The number of nitrogens with zero attached hydrogens (tertiary/aromatic N) is 1. The lowest BCUT2D eigenvalue weighted by atomic mass is 10.2. The fraction of sp³-hybridized carbons (Fsp3) is 0.409. The molecule has 32 heavy (non-hydrogen) atoms. The van der Waals surface area contributed by atoms with Crippen LogP contribution in [-0.4, -0.2) is 61.6 Å². The Morgan fingerprint density at radius 2 is 1.66 bits per heavy atom. The predicted molar refractivity (Wildman–Crippen MR) is 122 cm³/mol. The molecular weight excluding hydrogens is 436 g/mol. The van der Waals surface area contributed by atoms with E-state index in [1.54, 1.807) is 37.4 Å². The first-order valence-corrected chi connectivity index (χ1v) is 11.9. The van der Waals surface area contributed by atoms with Crippen LogP contribution in [0.5, 0.6) is 23.0 Å². The van der Waals surface area contributed by atoms with Gasteiger partial charge in [-0.2, -0.15) is 0 Å². The largest absolute Gasteiger partial charge is 0.497 e. The molecule has 0 saturated carbocycles. The quantitative estimate of drug-likeness (QED) is 0.452. The van der Waals surface area contributed by atoms with Crippen LogP contribution >= 0.6 is 0 Å². The highest BCUT2D eigenvalue weighted by Crippen LogP contribution is 2.33. The maximum atomic E-state index is 12.3. The van der Waals surface area contributed by atoms with Gasteiger partial charge in [-0.25, -0.2) is 8.42 Å². The topological polar surface area (TPSA) is 103 Å². The number of hydrogen-bond donors (Lipinski definition) is 1. The fourth-order valence-electron chi connectivity index (χ4n) is 2.98. The number of carbonyl (C=O) groups is 1. The molecule has 0 unspecified atom stereocenters. The lowest BCUT2D eigenvalue weighted by Crippen LogP contribution is -2.33. The molecular formula is C22H30N2O7S. The van der Waals surface area contributed by atoms with Crippen LogP contribution in [0.1, 0.15) is 12.8 Å². The van der Waals surface area contributed by atoms with E-state index in [2.05, 4.69) is 5.32 Å². The summed E-state index contributed by atoms with van der Waals surface area (Å²) in [6.45, 7) is 0.769. The summed E-state index contributed by atoms with van der Waals surface area (Å²) in [6.07, 6.45) is 1.63. The lowest BCUT2D eigenvalue weighted by Gasteiger charge is -2.24. The van der Waals surface area contributed by atoms with Crippen LogP contribution in [0.4, 0.5) is 5.69 Å². The molecule has 0 spiro atoms. The maximum Gasteiger partial charge on any atom is 0.232 e. The number of carbonyl (C=O) groups excluding carboxylic acids is 1. The van der Waals surface area contributed by atoms with E-state index >= 15 is 0 Å². The van der Waals surface area contributed by atoms with Crippen molar-refractivity contribution in [2.75, 3.05) is 51.6 Å². The molecule has 10 heteroatoms. The van der Waals surface area contributed by atoms with Crippen LogP contribution in [0.25, 0.3) is 0 Å². The van der Waals surface area contributed by atoms with Crippen molar-refractivity contribution in [1.29, 1.82) is 0 Å². The third-order valence-electron chi connectivity index (χ3n) is 4.56. The van der Waals surface area contributed by atoms with E-state index in [1.165, 1.54) is 18.5 Å². The van der Waals surface area contributed by atoms with E-state index in [1.807, 2.05) is 12.1 Å². The van der Waals surface area contributed by atoms with Crippen LogP contribution in [0.3, 0.4) is 0 Å². The molecule has 2 aromatic rings. The average Bonchev–Trinajstić information content (AvgIpc) is 2.78. The highest BCUT2D eigenvalue weighted by atomic mass is 32.2. The summed E-state index contributed by atoms with van der Waals surface area (Å²) in [5, 5.41) is 2.77. The number of benzene rings is 2. The molecule has 9 nitrogen and oxygen atoms in total. The molecule has 0 aliphatic rings. The lowest BCUT2D eigenvalue weighted by molar-refractivity contribution is -0.121. The maximum absolute atomic E-state index is 12.3. The van der Waals surface area contributed by atoms with E-state index in [9.17, 15) is 13.2 Å². The van der Waals surface area contributed by atoms with E-state index in [-0.39, 0.29) is 18.9 Å². The number of amides is 1. The second kappa shape index (κ2) is 12.0. The second-order valence-corrected chi connectivity index (χ2v) is 8.76. The summed E-state index contributed by atoms with van der Waals surface area (Å²) in [7, 11) is 0.979. The van der Waals surface area contributed by atoms with Crippen molar-refractivity contribution in [2.24, 2.45) is 0 Å². The Bertz CT molecular complexity index is 996. The Morgan fingerprint density at radius 3 is 2.31 bits per heavy atom. The SMILES string of the molecule is COc1cccc(OCCNC(=O)CCCN(c2ccc(OC)cc2OC)S(C)(=O)=O)c1. The van der Waals surface area contributed by atoms with Crippen LogP contribution in [0, 0.1) is 0 Å². The van der Waals surface area contributed by atoms with Crippen molar-refractivity contribution in [3.05, 3.63) is 42.5 Å². The molecule has 1 N–H and O–H groups in total. The van der Waals surface area contributed by atoms with Gasteiger partial charge in [0, 0.05) is 25.1 Å². The summed E-state index contributed by atoms with van der Waals surface area (Å²) in [6, 6.07) is 12.1. The van der Waals surface area contributed by atoms with Gasteiger partial charge in [0.15, 0.2) is 0 Å². The molecule has 0 bridgehead atoms. The van der Waals surface area contributed by atoms with E-state index in [4.69, 9.17) is 18.9 Å². The minimum atomic E-state index is -3.57. The van der Waals surface area contributed by atoms with E-state index < -0.39 is 10.0 Å². The number of ether oxygens (including phenoxy) is 4. The third kappa shape index (κ3) is 7.52. The number of nitrogens with one attached hydrogen (secondary N) is 1. The Labute approximate surface area is 189 Å². The molecule has 0 aliphatic heterocycles. The van der Waals surface area contributed by atoms with Gasteiger partial charge in [-0.05, 0) is 30.7 Å². The fourth-order valence-corrected chi connectivity index (χ4v) is 3.95. The van der Waals surface area contributed by atoms with Crippen molar-refractivity contribution < 1.29 is 32.2 Å². The number of rotatable bonds is 13. The Balaban J connectivity index is 1.84. The van der Waals surface area contributed by atoms with Crippen molar-refractivity contribution in [3.63, 3.8) is 0 Å². The predicted octanol–water partition coefficient (Wildman–Crippen LogP) is 2.45. The minimum absolute atomic E-state index is 0.134. The van der Waals surface area contributed by atoms with Crippen LogP contribution in [-0.2, 0) is 14.8 Å². The zero-order chi connectivity index (χ0) is 23.6. The van der Waals surface area contributed by atoms with Gasteiger partial charge in [-0.3, -0.25) is 9.10 Å². The number of methoxy groups -OCH3 is 3. The van der Waals surface area contributed by atoms with Gasteiger partial charge in [0.25, 0.3) is 0 Å². The van der Waals surface area contributed by atoms with Crippen molar-refractivity contribution in [1.82, 2.24) is 5.32 Å². The van der Waals surface area contributed by atoms with Crippen LogP contribution in [0.15, 0.2) is 42.5 Å². The zero-order valence-electron chi connectivity index (χ0n) is 18.8. The highest BCUT2D eigenvalue weighted by molar-refractivity contribution is 7.92. The highest BCUT2D eigenvalue weighted by Gasteiger charge is 2.21. The van der Waals surface area contributed by atoms with Gasteiger partial charge >= 0.3 is 0 Å². The molecule has 0 aliphatic carbocycles. The summed E-state index contributed by atoms with van der Waals surface area (Å²) in [4.78, 5) is 12.1. The molecule has 0 aromatic heterocycles. The molecule has 0 fully saturated rings. The first-order chi connectivity index (χ1) is 15.3. The smallest absolute Gasteiger partial charge is 0.232 e. The van der Waals surface area contributed by atoms with Gasteiger partial charge in [0.05, 0.1) is 39.8 Å². The van der Waals surface area contributed by atoms with Crippen molar-refractivity contribution in [3.8, 4) is 23.0 Å². The van der Waals surface area contributed by atoms with Gasteiger partial charge in [-0.15, -0.1) is 0 Å². The van der Waals surface area contributed by atoms with E-state index in [0.29, 0.717) is 48.3 Å². The monoisotopic (exact) mass is 466 g/mol. The first kappa shape index (κ1) is 25.1. The normalized spacial score (nSPS) is 10.9. The zero-order valence-corrected chi connectivity index (χ0v) is 19.6. The molecule has 0 atom stereocenters. The van der Waals surface area contributed by atoms with Gasteiger partial charge < -0.3 is 24.3 Å². The van der Waals surface area contributed by atoms with Gasteiger partial charge in [0.1, 0.15) is 29.6 Å². The van der Waals surface area contributed by atoms with Crippen LogP contribution in [0.2, 0.25) is 0 Å². The van der Waals surface area contributed by atoms with Crippen LogP contribution < -0.4 is 28.6 Å². The number of anilines is 1. The number of hydrogen-bond acceptors (Lipinski definition) is 7. The van der Waals surface area contributed by atoms with Gasteiger partial charge in [-0.1, -0.05) is 6.07 Å². The summed E-state index contributed by atoms with van der Waals surface area (Å²) in [5.41, 5.74) is 0.392. The van der Waals surface area contributed by atoms with Gasteiger partial charge in [0.2, 0.25) is 15.9 Å².